The van der Waals surface area contributed by atoms with Gasteiger partial charge in [0.1, 0.15) is 22.8 Å². The first-order chi connectivity index (χ1) is 14.8. The Kier molecular flexibility index (Phi) is 5.66. The van der Waals surface area contributed by atoms with Crippen LogP contribution in [0.5, 0.6) is 5.75 Å². The third-order valence-electron chi connectivity index (χ3n) is 7.02. The molecule has 0 saturated heterocycles. The van der Waals surface area contributed by atoms with Gasteiger partial charge in [-0.05, 0) is 39.1 Å². The number of halogens is 1. The van der Waals surface area contributed by atoms with E-state index < -0.39 is 75.0 Å². The fraction of sp³-hybridized carbons (Fsp3) is 0.409. The monoisotopic (exact) mass is 479 g/mol. The van der Waals surface area contributed by atoms with E-state index in [-0.39, 0.29) is 30.0 Å². The third kappa shape index (κ3) is 2.95. The molecule has 0 unspecified atom stereocenters. The highest BCUT2D eigenvalue weighted by atomic mass is 35.5. The Balaban J connectivity index is 0.00000306. The van der Waals surface area contributed by atoms with E-state index in [4.69, 9.17) is 5.73 Å². The number of aromatic hydroxyl groups is 1. The van der Waals surface area contributed by atoms with Gasteiger partial charge in [0.15, 0.2) is 11.4 Å². The van der Waals surface area contributed by atoms with Gasteiger partial charge in [0, 0.05) is 17.4 Å². The van der Waals surface area contributed by atoms with Crippen molar-refractivity contribution in [3.05, 3.63) is 46.2 Å². The topological polar surface area (TPSA) is 182 Å². The molecule has 7 N–H and O–H groups in total. The van der Waals surface area contributed by atoms with Gasteiger partial charge in [-0.2, -0.15) is 0 Å². The summed E-state index contributed by atoms with van der Waals surface area (Å²) < 4.78 is 0. The quantitative estimate of drug-likeness (QED) is 0.236. The largest absolute Gasteiger partial charge is 1.00 e. The van der Waals surface area contributed by atoms with Crippen molar-refractivity contribution in [1.82, 2.24) is 4.90 Å². The molecule has 5 atom stereocenters. The highest BCUT2D eigenvalue weighted by Gasteiger charge is 2.66. The molecule has 4 rings (SSSR count). The SMILES string of the molecule is CN(C)[C@@H]1C(=O)C(C(N)=O)=C(O)[C@@]2(O)C(=O)C3=C(O)c4c(O)cccc4[C@@](C)(O)[C@H]3C[C@H]12.[Cl-]. The van der Waals surface area contributed by atoms with E-state index >= 15 is 0 Å². The summed E-state index contributed by atoms with van der Waals surface area (Å²) in [7, 11) is 3.01. The van der Waals surface area contributed by atoms with Crippen LogP contribution >= 0.6 is 0 Å². The summed E-state index contributed by atoms with van der Waals surface area (Å²) in [5.74, 6) is -7.90. The number of benzene rings is 1. The Morgan fingerprint density at radius 3 is 2.30 bits per heavy atom. The number of fused-ring (bicyclic) bond motifs is 3. The van der Waals surface area contributed by atoms with Gasteiger partial charge in [-0.25, -0.2) is 0 Å². The number of carbonyl (C=O) groups excluding carboxylic acids is 3. The molecule has 11 heteroatoms. The van der Waals surface area contributed by atoms with Crippen molar-refractivity contribution < 1.29 is 52.3 Å². The van der Waals surface area contributed by atoms with Crippen LogP contribution in [0.2, 0.25) is 0 Å². The fourth-order valence-electron chi connectivity index (χ4n) is 5.50. The van der Waals surface area contributed by atoms with E-state index in [0.717, 1.165) is 0 Å². The number of amides is 1. The lowest BCUT2D eigenvalue weighted by molar-refractivity contribution is -0.159. The van der Waals surface area contributed by atoms with Crippen molar-refractivity contribution in [3.8, 4) is 5.75 Å². The van der Waals surface area contributed by atoms with E-state index in [1.807, 2.05) is 0 Å². The number of aliphatic hydroxyl groups is 4. The number of carbonyl (C=O) groups is 3. The predicted molar refractivity (Wildman–Crippen MR) is 110 cm³/mol. The van der Waals surface area contributed by atoms with Crippen LogP contribution < -0.4 is 18.1 Å². The van der Waals surface area contributed by atoms with Crippen LogP contribution in [0.15, 0.2) is 35.1 Å². The first-order valence-electron chi connectivity index (χ1n) is 9.97. The Morgan fingerprint density at radius 2 is 1.76 bits per heavy atom. The number of ketones is 2. The van der Waals surface area contributed by atoms with E-state index in [9.17, 15) is 39.9 Å². The number of likely N-dealkylation sites (N-methyl/N-ethyl adjacent to an activating group) is 1. The zero-order valence-corrected chi connectivity index (χ0v) is 18.8. The van der Waals surface area contributed by atoms with Crippen molar-refractivity contribution >= 4 is 23.2 Å². The average Bonchev–Trinajstić information content (AvgIpc) is 2.68. The minimum atomic E-state index is -2.75. The number of nitrogens with two attached hydrogens (primary N) is 1. The summed E-state index contributed by atoms with van der Waals surface area (Å²) in [6, 6.07) is 3.02. The minimum absolute atomic E-state index is 0. The Hall–Kier alpha value is -2.92. The van der Waals surface area contributed by atoms with Crippen molar-refractivity contribution in [2.75, 3.05) is 14.1 Å². The Bertz CT molecular complexity index is 1160. The number of hydrogen-bond donors (Lipinski definition) is 6. The molecule has 1 saturated carbocycles. The molecular weight excluding hydrogens is 456 g/mol. The normalized spacial score (nSPS) is 33.3. The van der Waals surface area contributed by atoms with Crippen LogP contribution in [-0.4, -0.2) is 73.6 Å². The number of nitrogens with zero attached hydrogens (tertiary/aromatic N) is 1. The predicted octanol–water partition coefficient (Wildman–Crippen LogP) is -3.37. The molecule has 0 radical (unpaired) electrons. The molecule has 0 aromatic heterocycles. The second-order valence-electron chi connectivity index (χ2n) is 8.96. The molecule has 33 heavy (non-hydrogen) atoms. The van der Waals surface area contributed by atoms with Gasteiger partial charge in [0.2, 0.25) is 5.78 Å². The zero-order valence-electron chi connectivity index (χ0n) is 18.0. The van der Waals surface area contributed by atoms with Crippen molar-refractivity contribution in [3.63, 3.8) is 0 Å². The molecule has 3 aliphatic rings. The number of phenolic OH excluding ortho intramolecular Hbond substituents is 1. The molecule has 178 valence electrons. The maximum atomic E-state index is 13.7. The summed E-state index contributed by atoms with van der Waals surface area (Å²) in [4.78, 5) is 40.0. The van der Waals surface area contributed by atoms with E-state index in [0.29, 0.717) is 0 Å². The van der Waals surface area contributed by atoms with Crippen LogP contribution in [-0.2, 0) is 20.0 Å². The molecule has 3 aliphatic carbocycles. The summed E-state index contributed by atoms with van der Waals surface area (Å²) in [5, 5.41) is 54.9. The van der Waals surface area contributed by atoms with Crippen molar-refractivity contribution in [2.24, 2.45) is 17.6 Å². The van der Waals surface area contributed by atoms with Gasteiger partial charge in [0.25, 0.3) is 5.91 Å². The van der Waals surface area contributed by atoms with Gasteiger partial charge < -0.3 is 43.7 Å². The smallest absolute Gasteiger partial charge is 0.255 e. The molecule has 1 amide bonds. The lowest BCUT2D eigenvalue weighted by Gasteiger charge is -2.53. The number of phenols is 1. The summed E-state index contributed by atoms with van der Waals surface area (Å²) in [6.45, 7) is 1.40. The molecule has 0 heterocycles. The maximum Gasteiger partial charge on any atom is 0.255 e. The van der Waals surface area contributed by atoms with Gasteiger partial charge in [-0.3, -0.25) is 19.3 Å². The number of aliphatic hydroxyl groups excluding tert-OH is 2. The fourth-order valence-corrected chi connectivity index (χ4v) is 5.50. The Morgan fingerprint density at radius 1 is 1.15 bits per heavy atom. The first kappa shape index (κ1) is 24.7. The second-order valence-corrected chi connectivity index (χ2v) is 8.96. The van der Waals surface area contributed by atoms with Crippen LogP contribution in [0.25, 0.3) is 5.76 Å². The molecule has 1 aromatic carbocycles. The molecular formula is C22H24ClN2O8-. The molecule has 1 fully saturated rings. The minimum Gasteiger partial charge on any atom is -1.00 e. The molecule has 0 bridgehead atoms. The van der Waals surface area contributed by atoms with Crippen LogP contribution in [0.1, 0.15) is 24.5 Å². The van der Waals surface area contributed by atoms with E-state index in [1.165, 1.54) is 44.1 Å². The lowest BCUT2D eigenvalue weighted by Crippen LogP contribution is -3.00. The number of primary amides is 1. The number of rotatable bonds is 2. The van der Waals surface area contributed by atoms with Crippen LogP contribution in [0, 0.1) is 11.8 Å². The van der Waals surface area contributed by atoms with Crippen LogP contribution in [0.3, 0.4) is 0 Å². The molecule has 0 aliphatic heterocycles. The molecule has 1 aromatic rings. The second kappa shape index (κ2) is 7.56. The van der Waals surface area contributed by atoms with Crippen LogP contribution in [0.4, 0.5) is 0 Å². The highest BCUT2D eigenvalue weighted by Crippen LogP contribution is 2.57. The highest BCUT2D eigenvalue weighted by molar-refractivity contribution is 6.24. The summed E-state index contributed by atoms with van der Waals surface area (Å²) in [5.41, 5.74) is -0.548. The summed E-state index contributed by atoms with van der Waals surface area (Å²) in [6.07, 6.45) is -0.200. The van der Waals surface area contributed by atoms with E-state index in [2.05, 4.69) is 0 Å². The number of Topliss-reactive ketones (excluding diaryl/α,β-unsaturated/α-hetero) is 2. The molecule has 10 nitrogen and oxygen atoms in total. The standard InChI is InChI=1S/C22H24N2O8.ClH/c1-21(31)8-5-4-6-11(25)12(8)16(26)13-9(21)7-10-15(24(2)3)17(27)14(20(23)30)19(29)22(10,32)18(13)28;/h4-6,9-10,15,25-26,29,31-32H,7H2,1-3H3,(H2,23,30);1H/p-1/t9-,10+,15-,21+,22-;/m0./s1. The summed E-state index contributed by atoms with van der Waals surface area (Å²) >= 11 is 0. The van der Waals surface area contributed by atoms with E-state index in [1.54, 1.807) is 0 Å². The number of hydrogen-bond acceptors (Lipinski definition) is 9. The molecule has 0 spiro atoms. The first-order valence-corrected chi connectivity index (χ1v) is 9.97. The van der Waals surface area contributed by atoms with Gasteiger partial charge in [-0.15, -0.1) is 0 Å². The van der Waals surface area contributed by atoms with Gasteiger partial charge in [0.05, 0.1) is 17.2 Å². The van der Waals surface area contributed by atoms with Crippen molar-refractivity contribution in [1.29, 1.82) is 0 Å². The van der Waals surface area contributed by atoms with Crippen molar-refractivity contribution in [2.45, 2.75) is 30.6 Å². The van der Waals surface area contributed by atoms with Gasteiger partial charge >= 0.3 is 0 Å². The average molecular weight is 480 g/mol. The lowest BCUT2D eigenvalue weighted by atomic mass is 9.54. The third-order valence-corrected chi connectivity index (χ3v) is 7.02. The maximum absolute atomic E-state index is 13.7. The van der Waals surface area contributed by atoms with Gasteiger partial charge in [-0.1, -0.05) is 12.1 Å². The zero-order chi connectivity index (χ0) is 23.9. The Labute approximate surface area is 195 Å².